The number of carbonyl (C=O) groups is 3. The molecule has 222 valence electrons. The monoisotopic (exact) mass is 594 g/mol. The number of rotatable bonds is 7. The van der Waals surface area contributed by atoms with Crippen molar-refractivity contribution in [1.82, 2.24) is 14.1 Å². The highest BCUT2D eigenvalue weighted by Gasteiger charge is 2.66. The maximum atomic E-state index is 14.4. The van der Waals surface area contributed by atoms with Crippen LogP contribution >= 0.6 is 0 Å². The first-order valence-corrected chi connectivity index (χ1v) is 15.8. The number of ether oxygens (including phenoxy) is 1. The lowest BCUT2D eigenvalue weighted by molar-refractivity contribution is -0.144. The van der Waals surface area contributed by atoms with Crippen molar-refractivity contribution in [2.75, 3.05) is 63.9 Å². The summed E-state index contributed by atoms with van der Waals surface area (Å²) in [7, 11) is -3.70. The van der Waals surface area contributed by atoms with Gasteiger partial charge in [-0.3, -0.25) is 19.3 Å². The number of hydrogen-bond acceptors (Lipinski definition) is 8. The van der Waals surface area contributed by atoms with Crippen LogP contribution in [0.2, 0.25) is 0 Å². The molecular formula is C30H34N4O7S. The Bertz CT molecular complexity index is 1560. The fourth-order valence-corrected chi connectivity index (χ4v) is 8.07. The van der Waals surface area contributed by atoms with E-state index < -0.39 is 38.9 Å². The van der Waals surface area contributed by atoms with E-state index in [1.807, 2.05) is 6.92 Å². The molecule has 2 amide bonds. The Morgan fingerprint density at radius 3 is 2.26 bits per heavy atom. The zero-order chi connectivity index (χ0) is 29.6. The number of anilines is 1. The van der Waals surface area contributed by atoms with Crippen LogP contribution in [0.5, 0.6) is 0 Å². The average Bonchev–Trinajstić information content (AvgIpc) is 3.70. The largest absolute Gasteiger partial charge is 0.507 e. The number of hydrogen-bond donors (Lipinski definition) is 1. The van der Waals surface area contributed by atoms with E-state index in [-0.39, 0.29) is 22.6 Å². The number of nitrogens with zero attached hydrogens (tertiary/aromatic N) is 4. The number of likely N-dealkylation sites (N-methyl/N-ethyl adjacent to an activating group) is 1. The third-order valence-corrected chi connectivity index (χ3v) is 10.6. The summed E-state index contributed by atoms with van der Waals surface area (Å²) in [4.78, 5) is 46.9. The molecule has 2 aromatic carbocycles. The van der Waals surface area contributed by atoms with E-state index in [1.165, 1.54) is 38.4 Å². The zero-order valence-electron chi connectivity index (χ0n) is 23.5. The second-order valence-corrected chi connectivity index (χ2v) is 12.8. The number of likely N-dealkylation sites (tertiary alicyclic amines) is 1. The van der Waals surface area contributed by atoms with Crippen LogP contribution in [-0.2, 0) is 34.7 Å². The van der Waals surface area contributed by atoms with E-state index in [1.54, 1.807) is 24.3 Å². The van der Waals surface area contributed by atoms with E-state index in [4.69, 9.17) is 4.74 Å². The first-order chi connectivity index (χ1) is 20.2. The highest BCUT2D eigenvalue weighted by molar-refractivity contribution is 7.89. The van der Waals surface area contributed by atoms with Gasteiger partial charge in [0, 0.05) is 56.9 Å². The van der Waals surface area contributed by atoms with Crippen LogP contribution in [0.4, 0.5) is 5.69 Å². The molecule has 0 bridgehead atoms. The van der Waals surface area contributed by atoms with Crippen LogP contribution < -0.4 is 4.90 Å². The van der Waals surface area contributed by atoms with Crippen molar-refractivity contribution in [3.05, 3.63) is 65.2 Å². The Kier molecular flexibility index (Phi) is 7.42. The first kappa shape index (κ1) is 28.5. The first-order valence-electron chi connectivity index (χ1n) is 14.3. The van der Waals surface area contributed by atoms with E-state index in [0.29, 0.717) is 63.7 Å². The van der Waals surface area contributed by atoms with Crippen LogP contribution in [-0.4, -0.2) is 104 Å². The van der Waals surface area contributed by atoms with Crippen LogP contribution in [0.15, 0.2) is 59.0 Å². The Morgan fingerprint density at radius 1 is 0.929 bits per heavy atom. The number of sulfonamides is 1. The molecule has 6 rings (SSSR count). The van der Waals surface area contributed by atoms with Gasteiger partial charge in [0.05, 0.1) is 29.4 Å². The number of para-hydroxylation sites is 1. The summed E-state index contributed by atoms with van der Waals surface area (Å²) in [5.41, 5.74) is -0.995. The van der Waals surface area contributed by atoms with Crippen molar-refractivity contribution in [3.8, 4) is 0 Å². The minimum atomic E-state index is -3.70. The number of amides is 2. The third kappa shape index (κ3) is 4.27. The third-order valence-electron chi connectivity index (χ3n) is 8.70. The quantitative estimate of drug-likeness (QED) is 0.292. The summed E-state index contributed by atoms with van der Waals surface area (Å²) in [6.07, 6.45) is 1.60. The van der Waals surface area contributed by atoms with Gasteiger partial charge in [-0.2, -0.15) is 4.31 Å². The molecule has 42 heavy (non-hydrogen) atoms. The van der Waals surface area contributed by atoms with Crippen LogP contribution in [0.3, 0.4) is 0 Å². The predicted molar refractivity (Wildman–Crippen MR) is 154 cm³/mol. The van der Waals surface area contributed by atoms with Crippen LogP contribution in [0.1, 0.15) is 30.9 Å². The molecule has 3 saturated heterocycles. The summed E-state index contributed by atoms with van der Waals surface area (Å²) in [6.45, 7) is 5.96. The molecule has 3 fully saturated rings. The second-order valence-electron chi connectivity index (χ2n) is 10.9. The molecule has 0 saturated carbocycles. The van der Waals surface area contributed by atoms with Gasteiger partial charge in [-0.25, -0.2) is 8.42 Å². The number of benzene rings is 2. The van der Waals surface area contributed by atoms with Crippen molar-refractivity contribution in [1.29, 1.82) is 0 Å². The van der Waals surface area contributed by atoms with Crippen molar-refractivity contribution in [2.24, 2.45) is 0 Å². The molecule has 0 aliphatic carbocycles. The number of fused-ring (bicyclic) bond motifs is 2. The smallest absolute Gasteiger partial charge is 0.296 e. The number of carbonyl (C=O) groups excluding carboxylic acids is 3. The van der Waals surface area contributed by atoms with E-state index in [0.717, 1.165) is 12.8 Å². The molecule has 2 aromatic rings. The predicted octanol–water partition coefficient (Wildman–Crippen LogP) is 1.75. The lowest BCUT2D eigenvalue weighted by atomic mass is 9.82. The molecule has 4 heterocycles. The van der Waals surface area contributed by atoms with Crippen molar-refractivity contribution >= 4 is 39.1 Å². The van der Waals surface area contributed by atoms with Gasteiger partial charge in [0.2, 0.25) is 10.0 Å². The summed E-state index contributed by atoms with van der Waals surface area (Å²) in [6, 6.07) is 12.6. The number of aliphatic hydroxyl groups excluding tert-OH is 1. The standard InChI is InChI=1S/C30H34N4O7S/c1-2-33-24-8-4-3-7-23(24)30(29(33)38)25(27(36)28(37)34(30)16-15-31-17-19-41-20-18-31)26(35)21-9-11-22(12-10-21)42(39,40)32-13-5-6-14-32/h3-4,7-12,35H,2,5-6,13-20H2,1H3/t30-/m1/s1. The molecule has 0 radical (unpaired) electrons. The SMILES string of the molecule is CCN1C(=O)[C@]2(C(=C(O)c3ccc(S(=O)(=O)N4CCCC4)cc3)C(=O)C(=O)N2CCN2CCOCC2)c2ccccc21. The van der Waals surface area contributed by atoms with Crippen molar-refractivity contribution in [3.63, 3.8) is 0 Å². The molecule has 12 heteroatoms. The molecule has 4 aliphatic heterocycles. The Labute approximate surface area is 245 Å². The van der Waals surface area contributed by atoms with Crippen LogP contribution in [0, 0.1) is 0 Å². The van der Waals surface area contributed by atoms with E-state index >= 15 is 0 Å². The van der Waals surface area contributed by atoms with Gasteiger partial charge in [-0.1, -0.05) is 18.2 Å². The number of aliphatic hydroxyl groups is 1. The summed E-state index contributed by atoms with van der Waals surface area (Å²) < 4.78 is 33.0. The minimum absolute atomic E-state index is 0.0704. The fourth-order valence-electron chi connectivity index (χ4n) is 6.55. The molecule has 1 spiro atoms. The van der Waals surface area contributed by atoms with Crippen LogP contribution in [0.25, 0.3) is 5.76 Å². The van der Waals surface area contributed by atoms with Gasteiger partial charge in [0.1, 0.15) is 5.76 Å². The molecular weight excluding hydrogens is 560 g/mol. The fraction of sp³-hybridized carbons (Fsp3) is 0.433. The Hall–Kier alpha value is -3.58. The summed E-state index contributed by atoms with van der Waals surface area (Å²) >= 11 is 0. The maximum absolute atomic E-state index is 14.4. The van der Waals surface area contributed by atoms with Gasteiger partial charge in [-0.05, 0) is 50.1 Å². The Balaban J connectivity index is 1.47. The topological polar surface area (TPSA) is 128 Å². The van der Waals surface area contributed by atoms with E-state index in [9.17, 15) is 27.9 Å². The summed E-state index contributed by atoms with van der Waals surface area (Å²) in [5, 5.41) is 11.7. The summed E-state index contributed by atoms with van der Waals surface area (Å²) in [5.74, 6) is -2.82. The molecule has 1 atom stereocenters. The molecule has 11 nitrogen and oxygen atoms in total. The minimum Gasteiger partial charge on any atom is -0.507 e. The van der Waals surface area contributed by atoms with Gasteiger partial charge in [0.15, 0.2) is 5.54 Å². The highest BCUT2D eigenvalue weighted by atomic mass is 32.2. The Morgan fingerprint density at radius 2 is 1.60 bits per heavy atom. The lowest BCUT2D eigenvalue weighted by Gasteiger charge is -2.36. The molecule has 0 aromatic heterocycles. The zero-order valence-corrected chi connectivity index (χ0v) is 24.3. The number of Topliss-reactive ketones (excluding diaryl/α,β-unsaturated/α-hetero) is 1. The molecule has 1 N–H and O–H groups in total. The normalized spacial score (nSPS) is 24.7. The average molecular weight is 595 g/mol. The molecule has 0 unspecified atom stereocenters. The highest BCUT2D eigenvalue weighted by Crippen LogP contribution is 2.53. The van der Waals surface area contributed by atoms with Gasteiger partial charge >= 0.3 is 0 Å². The van der Waals surface area contributed by atoms with Crippen molar-refractivity contribution in [2.45, 2.75) is 30.2 Å². The van der Waals surface area contributed by atoms with Gasteiger partial charge < -0.3 is 19.6 Å². The second kappa shape index (κ2) is 10.9. The number of morpholine rings is 1. The van der Waals surface area contributed by atoms with Gasteiger partial charge in [0.25, 0.3) is 17.6 Å². The van der Waals surface area contributed by atoms with Crippen molar-refractivity contribution < 1.29 is 32.6 Å². The lowest BCUT2D eigenvalue weighted by Crippen LogP contribution is -2.54. The number of ketones is 1. The van der Waals surface area contributed by atoms with Gasteiger partial charge in [-0.15, -0.1) is 0 Å². The maximum Gasteiger partial charge on any atom is 0.296 e. The van der Waals surface area contributed by atoms with E-state index in [2.05, 4.69) is 4.90 Å². The molecule has 4 aliphatic rings.